The molecule has 1 aromatic heterocycles. The van der Waals surface area contributed by atoms with Gasteiger partial charge in [0.15, 0.2) is 0 Å². The van der Waals surface area contributed by atoms with E-state index in [4.69, 9.17) is 0 Å². The standard InChI is InChI=1S/C10H18N2S/c1-4-5-6-12(3)7-10-8-13-9(2)11-10/h8H,4-7H2,1-3H3. The second-order valence-electron chi connectivity index (χ2n) is 3.45. The molecule has 0 atom stereocenters. The van der Waals surface area contributed by atoms with Crippen molar-refractivity contribution < 1.29 is 0 Å². The average molecular weight is 198 g/mol. The number of thiazole rings is 1. The summed E-state index contributed by atoms with van der Waals surface area (Å²) in [5.41, 5.74) is 1.21. The molecular formula is C10H18N2S. The second kappa shape index (κ2) is 5.35. The van der Waals surface area contributed by atoms with Crippen molar-refractivity contribution in [1.82, 2.24) is 9.88 Å². The Hall–Kier alpha value is -0.410. The van der Waals surface area contributed by atoms with Crippen LogP contribution in [0.1, 0.15) is 30.5 Å². The maximum absolute atomic E-state index is 4.44. The second-order valence-corrected chi connectivity index (χ2v) is 4.51. The largest absolute Gasteiger partial charge is 0.301 e. The molecular weight excluding hydrogens is 180 g/mol. The quantitative estimate of drug-likeness (QED) is 0.723. The third kappa shape index (κ3) is 3.87. The highest BCUT2D eigenvalue weighted by Gasteiger charge is 2.02. The Balaban J connectivity index is 2.31. The van der Waals surface area contributed by atoms with Crippen LogP contribution in [-0.4, -0.2) is 23.5 Å². The summed E-state index contributed by atoms with van der Waals surface area (Å²) in [6.07, 6.45) is 2.54. The Labute approximate surface area is 84.6 Å². The van der Waals surface area contributed by atoms with E-state index in [1.165, 1.54) is 30.1 Å². The Morgan fingerprint density at radius 3 is 2.85 bits per heavy atom. The van der Waals surface area contributed by atoms with Crippen LogP contribution < -0.4 is 0 Å². The van der Waals surface area contributed by atoms with Gasteiger partial charge in [-0.15, -0.1) is 11.3 Å². The van der Waals surface area contributed by atoms with Gasteiger partial charge in [-0.25, -0.2) is 4.98 Å². The molecule has 0 saturated carbocycles. The average Bonchev–Trinajstić information content (AvgIpc) is 2.48. The van der Waals surface area contributed by atoms with Crippen LogP contribution in [0.15, 0.2) is 5.38 Å². The van der Waals surface area contributed by atoms with Crippen molar-refractivity contribution in [3.8, 4) is 0 Å². The van der Waals surface area contributed by atoms with E-state index < -0.39 is 0 Å². The molecule has 1 aromatic rings. The van der Waals surface area contributed by atoms with Crippen LogP contribution in [0.2, 0.25) is 0 Å². The lowest BCUT2D eigenvalue weighted by atomic mass is 10.3. The van der Waals surface area contributed by atoms with Crippen LogP contribution in [0, 0.1) is 6.92 Å². The predicted molar refractivity (Wildman–Crippen MR) is 58.1 cm³/mol. The summed E-state index contributed by atoms with van der Waals surface area (Å²) in [5, 5.41) is 3.32. The molecule has 0 saturated heterocycles. The van der Waals surface area contributed by atoms with Gasteiger partial charge in [0, 0.05) is 11.9 Å². The number of unbranched alkanes of at least 4 members (excludes halogenated alkanes) is 1. The van der Waals surface area contributed by atoms with Crippen molar-refractivity contribution in [1.29, 1.82) is 0 Å². The predicted octanol–water partition coefficient (Wildman–Crippen LogP) is 2.68. The highest BCUT2D eigenvalue weighted by atomic mass is 32.1. The summed E-state index contributed by atoms with van der Waals surface area (Å²) >= 11 is 1.73. The van der Waals surface area contributed by atoms with Gasteiger partial charge >= 0.3 is 0 Å². The van der Waals surface area contributed by atoms with E-state index >= 15 is 0 Å². The van der Waals surface area contributed by atoms with E-state index in [1.54, 1.807) is 11.3 Å². The van der Waals surface area contributed by atoms with E-state index in [-0.39, 0.29) is 0 Å². The van der Waals surface area contributed by atoms with Gasteiger partial charge in [0.1, 0.15) is 0 Å². The van der Waals surface area contributed by atoms with E-state index in [0.717, 1.165) is 6.54 Å². The zero-order valence-corrected chi connectivity index (χ0v) is 9.52. The zero-order valence-electron chi connectivity index (χ0n) is 8.71. The van der Waals surface area contributed by atoms with Crippen LogP contribution in [0.25, 0.3) is 0 Å². The van der Waals surface area contributed by atoms with E-state index in [2.05, 4.69) is 36.2 Å². The van der Waals surface area contributed by atoms with Crippen LogP contribution in [0.5, 0.6) is 0 Å². The molecule has 0 aromatic carbocycles. The van der Waals surface area contributed by atoms with Gasteiger partial charge in [0.2, 0.25) is 0 Å². The lowest BCUT2D eigenvalue weighted by Crippen LogP contribution is -2.19. The third-order valence-corrected chi connectivity index (χ3v) is 2.81. The van der Waals surface area contributed by atoms with Crippen LogP contribution in [0.4, 0.5) is 0 Å². The molecule has 0 radical (unpaired) electrons. The van der Waals surface area contributed by atoms with Crippen molar-refractivity contribution in [3.63, 3.8) is 0 Å². The van der Waals surface area contributed by atoms with Crippen molar-refractivity contribution in [2.75, 3.05) is 13.6 Å². The van der Waals surface area contributed by atoms with E-state index in [1.807, 2.05) is 0 Å². The number of aromatic nitrogens is 1. The highest BCUT2D eigenvalue weighted by Crippen LogP contribution is 2.09. The maximum atomic E-state index is 4.44. The first-order valence-corrected chi connectivity index (χ1v) is 5.70. The number of nitrogens with zero attached hydrogens (tertiary/aromatic N) is 2. The monoisotopic (exact) mass is 198 g/mol. The minimum atomic E-state index is 0.990. The first-order valence-electron chi connectivity index (χ1n) is 4.82. The number of hydrogen-bond donors (Lipinski definition) is 0. The van der Waals surface area contributed by atoms with Crippen molar-refractivity contribution in [2.24, 2.45) is 0 Å². The van der Waals surface area contributed by atoms with Gasteiger partial charge < -0.3 is 4.90 Å². The molecule has 0 unspecified atom stereocenters. The van der Waals surface area contributed by atoms with Gasteiger partial charge in [-0.2, -0.15) is 0 Å². The van der Waals surface area contributed by atoms with Gasteiger partial charge in [-0.1, -0.05) is 13.3 Å². The molecule has 0 aliphatic rings. The highest BCUT2D eigenvalue weighted by molar-refractivity contribution is 7.09. The molecule has 0 spiro atoms. The topological polar surface area (TPSA) is 16.1 Å². The molecule has 1 rings (SSSR count). The summed E-state index contributed by atoms with van der Waals surface area (Å²) in [5.74, 6) is 0. The molecule has 1 heterocycles. The zero-order chi connectivity index (χ0) is 9.68. The number of aryl methyl sites for hydroxylation is 1. The first kappa shape index (κ1) is 10.7. The Morgan fingerprint density at radius 2 is 2.31 bits per heavy atom. The summed E-state index contributed by atoms with van der Waals surface area (Å²) in [7, 11) is 2.16. The number of rotatable bonds is 5. The summed E-state index contributed by atoms with van der Waals surface area (Å²) in [6, 6.07) is 0. The van der Waals surface area contributed by atoms with Gasteiger partial charge in [-0.05, 0) is 26.9 Å². The molecule has 2 nitrogen and oxygen atoms in total. The summed E-state index contributed by atoms with van der Waals surface area (Å²) in [6.45, 7) is 6.44. The molecule has 3 heteroatoms. The Kier molecular flexibility index (Phi) is 4.39. The number of hydrogen-bond acceptors (Lipinski definition) is 3. The van der Waals surface area contributed by atoms with Crippen molar-refractivity contribution >= 4 is 11.3 Å². The van der Waals surface area contributed by atoms with Gasteiger partial charge in [0.05, 0.1) is 10.7 Å². The smallest absolute Gasteiger partial charge is 0.0897 e. The lowest BCUT2D eigenvalue weighted by molar-refractivity contribution is 0.317. The van der Waals surface area contributed by atoms with Crippen LogP contribution >= 0.6 is 11.3 Å². The minimum absolute atomic E-state index is 0.990. The molecule has 0 N–H and O–H groups in total. The van der Waals surface area contributed by atoms with Crippen LogP contribution in [0.3, 0.4) is 0 Å². The maximum Gasteiger partial charge on any atom is 0.0897 e. The molecule has 74 valence electrons. The normalized spacial score (nSPS) is 11.1. The minimum Gasteiger partial charge on any atom is -0.301 e. The lowest BCUT2D eigenvalue weighted by Gasteiger charge is -2.13. The van der Waals surface area contributed by atoms with Crippen LogP contribution in [-0.2, 0) is 6.54 Å². The Bertz CT molecular complexity index is 245. The molecule has 0 bridgehead atoms. The molecule has 0 aliphatic carbocycles. The molecule has 13 heavy (non-hydrogen) atoms. The first-order chi connectivity index (χ1) is 6.22. The Morgan fingerprint density at radius 1 is 1.54 bits per heavy atom. The molecule has 0 amide bonds. The van der Waals surface area contributed by atoms with Gasteiger partial charge in [0.25, 0.3) is 0 Å². The fourth-order valence-electron chi connectivity index (χ4n) is 1.26. The van der Waals surface area contributed by atoms with Crippen molar-refractivity contribution in [2.45, 2.75) is 33.2 Å². The SMILES string of the molecule is CCCCN(C)Cc1csc(C)n1. The fourth-order valence-corrected chi connectivity index (χ4v) is 1.87. The molecule has 0 aliphatic heterocycles. The van der Waals surface area contributed by atoms with Gasteiger partial charge in [-0.3, -0.25) is 0 Å². The van der Waals surface area contributed by atoms with E-state index in [0.29, 0.717) is 0 Å². The summed E-state index contributed by atoms with van der Waals surface area (Å²) in [4.78, 5) is 6.77. The fraction of sp³-hybridized carbons (Fsp3) is 0.700. The third-order valence-electron chi connectivity index (χ3n) is 1.99. The molecule has 0 fully saturated rings. The van der Waals surface area contributed by atoms with E-state index in [9.17, 15) is 0 Å². The van der Waals surface area contributed by atoms with Crippen molar-refractivity contribution in [3.05, 3.63) is 16.1 Å². The summed E-state index contributed by atoms with van der Waals surface area (Å²) < 4.78 is 0.